The topological polar surface area (TPSA) is 46.3 Å². The minimum atomic E-state index is 0.0342. The minimum absolute atomic E-state index is 0.0342. The number of nitrogens with zero attached hydrogens (tertiary/aromatic N) is 1. The number of hydrogen-bond acceptors (Lipinski definition) is 3. The maximum Gasteiger partial charge on any atom is 0.187 e. The molecule has 3 nitrogen and oxygen atoms in total. The van der Waals surface area contributed by atoms with Gasteiger partial charge in [0.1, 0.15) is 0 Å². The number of ketones is 1. The van der Waals surface area contributed by atoms with Gasteiger partial charge in [-0.1, -0.05) is 0 Å². The van der Waals surface area contributed by atoms with Gasteiger partial charge in [-0.3, -0.25) is 4.79 Å². The summed E-state index contributed by atoms with van der Waals surface area (Å²) >= 11 is 0. The van der Waals surface area contributed by atoms with Gasteiger partial charge in [0.25, 0.3) is 0 Å². The summed E-state index contributed by atoms with van der Waals surface area (Å²) in [6, 6.07) is 7.01. The second kappa shape index (κ2) is 4.84. The number of nitrogen functional groups attached to an aromatic ring is 1. The largest absolute Gasteiger partial charge is 0.399 e. The van der Waals surface area contributed by atoms with E-state index in [0.717, 1.165) is 13.1 Å². The molecule has 2 N–H and O–H groups in total. The van der Waals surface area contributed by atoms with Crippen LogP contribution in [0, 0.1) is 0 Å². The van der Waals surface area contributed by atoms with Crippen LogP contribution in [0.25, 0.3) is 0 Å². The van der Waals surface area contributed by atoms with E-state index in [-0.39, 0.29) is 5.78 Å². The number of likely N-dealkylation sites (tertiary alicyclic amines) is 1. The highest BCUT2D eigenvalue weighted by Crippen LogP contribution is 2.09. The number of hydrogen-bond donors (Lipinski definition) is 1. The Labute approximate surface area is 95.6 Å². The zero-order chi connectivity index (χ0) is 11.4. The quantitative estimate of drug-likeness (QED) is 0.478. The first-order chi connectivity index (χ1) is 7.75. The van der Waals surface area contributed by atoms with Gasteiger partial charge in [0, 0.05) is 36.6 Å². The average molecular weight is 216 g/mol. The summed E-state index contributed by atoms with van der Waals surface area (Å²) in [7, 11) is 0. The van der Waals surface area contributed by atoms with Crippen LogP contribution in [0.3, 0.4) is 0 Å². The molecule has 0 amide bonds. The van der Waals surface area contributed by atoms with Crippen LogP contribution in [0.2, 0.25) is 0 Å². The Morgan fingerprint density at radius 1 is 1.19 bits per heavy atom. The molecule has 1 saturated heterocycles. The van der Waals surface area contributed by atoms with E-state index in [4.69, 9.17) is 5.73 Å². The fraction of sp³-hybridized carbons (Fsp3) is 0.308. The van der Waals surface area contributed by atoms with Crippen molar-refractivity contribution in [1.29, 1.82) is 0 Å². The van der Waals surface area contributed by atoms with Crippen molar-refractivity contribution >= 4 is 11.5 Å². The molecule has 0 bridgehead atoms. The summed E-state index contributed by atoms with van der Waals surface area (Å²) in [6.07, 6.45) is 5.98. The Hall–Kier alpha value is -1.77. The van der Waals surface area contributed by atoms with Crippen molar-refractivity contribution < 1.29 is 4.79 Å². The van der Waals surface area contributed by atoms with Crippen molar-refractivity contribution in [3.8, 4) is 0 Å². The van der Waals surface area contributed by atoms with Crippen molar-refractivity contribution in [3.63, 3.8) is 0 Å². The molecule has 1 aliphatic heterocycles. The van der Waals surface area contributed by atoms with E-state index in [9.17, 15) is 4.79 Å². The lowest BCUT2D eigenvalue weighted by Gasteiger charge is -2.09. The highest BCUT2D eigenvalue weighted by atomic mass is 16.1. The first-order valence-electron chi connectivity index (χ1n) is 5.58. The molecule has 1 aliphatic rings. The highest BCUT2D eigenvalue weighted by Gasteiger charge is 2.07. The van der Waals surface area contributed by atoms with Crippen molar-refractivity contribution in [2.24, 2.45) is 0 Å². The summed E-state index contributed by atoms with van der Waals surface area (Å²) in [5.74, 6) is 0.0342. The molecule has 0 spiro atoms. The zero-order valence-electron chi connectivity index (χ0n) is 9.23. The highest BCUT2D eigenvalue weighted by molar-refractivity contribution is 6.04. The molecule has 3 heteroatoms. The molecule has 16 heavy (non-hydrogen) atoms. The Morgan fingerprint density at radius 3 is 2.44 bits per heavy atom. The molecule has 0 saturated carbocycles. The SMILES string of the molecule is Nc1ccc(C(=O)/C=C/N2CCCC2)cc1. The molecular weight excluding hydrogens is 200 g/mol. The van der Waals surface area contributed by atoms with Crippen molar-refractivity contribution in [1.82, 2.24) is 4.90 Å². The summed E-state index contributed by atoms with van der Waals surface area (Å²) in [6.45, 7) is 2.12. The van der Waals surface area contributed by atoms with E-state index in [2.05, 4.69) is 4.90 Å². The number of carbonyl (C=O) groups is 1. The summed E-state index contributed by atoms with van der Waals surface area (Å²) in [5, 5.41) is 0. The fourth-order valence-electron chi connectivity index (χ4n) is 1.81. The summed E-state index contributed by atoms with van der Waals surface area (Å²) in [4.78, 5) is 13.9. The van der Waals surface area contributed by atoms with Crippen molar-refractivity contribution in [2.45, 2.75) is 12.8 Å². The van der Waals surface area contributed by atoms with Crippen LogP contribution in [0.4, 0.5) is 5.69 Å². The predicted molar refractivity (Wildman–Crippen MR) is 65.1 cm³/mol. The van der Waals surface area contributed by atoms with Gasteiger partial charge in [0.2, 0.25) is 0 Å². The molecule has 2 rings (SSSR count). The standard InChI is InChI=1S/C13H16N2O/c14-12-5-3-11(4-6-12)13(16)7-10-15-8-1-2-9-15/h3-7,10H,1-2,8-9,14H2/b10-7+. The lowest BCUT2D eigenvalue weighted by Crippen LogP contribution is -2.11. The number of nitrogens with two attached hydrogens (primary N) is 1. The molecular formula is C13H16N2O. The van der Waals surface area contributed by atoms with Crippen molar-refractivity contribution in [3.05, 3.63) is 42.1 Å². The van der Waals surface area contributed by atoms with Crippen LogP contribution in [0.1, 0.15) is 23.2 Å². The Balaban J connectivity index is 1.99. The van der Waals surface area contributed by atoms with E-state index in [1.807, 2.05) is 6.20 Å². The third-order valence-corrected chi connectivity index (χ3v) is 2.77. The zero-order valence-corrected chi connectivity index (χ0v) is 9.23. The van der Waals surface area contributed by atoms with Gasteiger partial charge in [-0.2, -0.15) is 0 Å². The van der Waals surface area contributed by atoms with E-state index < -0.39 is 0 Å². The second-order valence-corrected chi connectivity index (χ2v) is 4.05. The minimum Gasteiger partial charge on any atom is -0.399 e. The van der Waals surface area contributed by atoms with E-state index in [1.165, 1.54) is 12.8 Å². The lowest BCUT2D eigenvalue weighted by molar-refractivity contribution is 0.104. The number of allylic oxidation sites excluding steroid dienone is 1. The van der Waals surface area contributed by atoms with Crippen LogP contribution in [-0.2, 0) is 0 Å². The summed E-state index contributed by atoms with van der Waals surface area (Å²) < 4.78 is 0. The molecule has 1 aromatic carbocycles. The van der Waals surface area contributed by atoms with E-state index in [1.54, 1.807) is 30.3 Å². The maximum absolute atomic E-state index is 11.8. The Kier molecular flexibility index (Phi) is 3.25. The van der Waals surface area contributed by atoms with Crippen LogP contribution < -0.4 is 5.73 Å². The first-order valence-corrected chi connectivity index (χ1v) is 5.58. The van der Waals surface area contributed by atoms with E-state index in [0.29, 0.717) is 11.3 Å². The molecule has 1 fully saturated rings. The maximum atomic E-state index is 11.8. The Bertz CT molecular complexity index is 389. The van der Waals surface area contributed by atoms with Gasteiger partial charge in [-0.25, -0.2) is 0 Å². The molecule has 0 aromatic heterocycles. The number of carbonyl (C=O) groups excluding carboxylic acids is 1. The van der Waals surface area contributed by atoms with Crippen LogP contribution >= 0.6 is 0 Å². The number of benzene rings is 1. The van der Waals surface area contributed by atoms with Gasteiger partial charge in [-0.05, 0) is 37.1 Å². The summed E-state index contributed by atoms with van der Waals surface area (Å²) in [5.41, 5.74) is 6.93. The van der Waals surface area contributed by atoms with Crippen LogP contribution in [-0.4, -0.2) is 23.8 Å². The normalized spacial score (nSPS) is 15.9. The molecule has 0 atom stereocenters. The number of rotatable bonds is 3. The van der Waals surface area contributed by atoms with E-state index >= 15 is 0 Å². The molecule has 0 unspecified atom stereocenters. The van der Waals surface area contributed by atoms with Gasteiger partial charge < -0.3 is 10.6 Å². The third-order valence-electron chi connectivity index (χ3n) is 2.77. The monoisotopic (exact) mass is 216 g/mol. The van der Waals surface area contributed by atoms with Crippen molar-refractivity contribution in [2.75, 3.05) is 18.8 Å². The fourth-order valence-corrected chi connectivity index (χ4v) is 1.81. The predicted octanol–water partition coefficient (Wildman–Crippen LogP) is 2.06. The van der Waals surface area contributed by atoms with Crippen LogP contribution in [0.15, 0.2) is 36.5 Å². The molecule has 1 heterocycles. The van der Waals surface area contributed by atoms with Gasteiger partial charge in [-0.15, -0.1) is 0 Å². The third kappa shape index (κ3) is 2.63. The number of anilines is 1. The smallest absolute Gasteiger partial charge is 0.187 e. The molecule has 0 radical (unpaired) electrons. The average Bonchev–Trinajstić information content (AvgIpc) is 2.80. The van der Waals surface area contributed by atoms with Gasteiger partial charge >= 0.3 is 0 Å². The second-order valence-electron chi connectivity index (χ2n) is 4.05. The lowest BCUT2D eigenvalue weighted by atomic mass is 10.1. The first kappa shape index (κ1) is 10.7. The molecule has 84 valence electrons. The molecule has 0 aliphatic carbocycles. The Morgan fingerprint density at radius 2 is 1.81 bits per heavy atom. The van der Waals surface area contributed by atoms with Crippen LogP contribution in [0.5, 0.6) is 0 Å². The molecule has 1 aromatic rings. The van der Waals surface area contributed by atoms with Gasteiger partial charge in [0.05, 0.1) is 0 Å². The van der Waals surface area contributed by atoms with Gasteiger partial charge in [0.15, 0.2) is 5.78 Å².